The molecule has 0 aromatic heterocycles. The number of nitrogens with one attached hydrogen (secondary N) is 1. The number of aryl methyl sites for hydroxylation is 1. The van der Waals surface area contributed by atoms with Crippen molar-refractivity contribution in [2.24, 2.45) is 0 Å². The van der Waals surface area contributed by atoms with Gasteiger partial charge in [0.1, 0.15) is 11.9 Å². The van der Waals surface area contributed by atoms with Crippen LogP contribution in [0.25, 0.3) is 0 Å². The van der Waals surface area contributed by atoms with Crippen molar-refractivity contribution in [1.82, 2.24) is 5.32 Å². The van der Waals surface area contributed by atoms with Crippen LogP contribution in [-0.4, -0.2) is 38.3 Å². The second kappa shape index (κ2) is 6.47. The first kappa shape index (κ1) is 15.2. The van der Waals surface area contributed by atoms with Gasteiger partial charge in [-0.2, -0.15) is 0 Å². The predicted octanol–water partition coefficient (Wildman–Crippen LogP) is 1.86. The van der Waals surface area contributed by atoms with Crippen molar-refractivity contribution in [2.75, 3.05) is 25.1 Å². The molecule has 1 atom stereocenters. The summed E-state index contributed by atoms with van der Waals surface area (Å²) in [7, 11) is 1.33. The Hall–Kier alpha value is -2.24. The number of nitrogens with zero attached hydrogens (tertiary/aromatic N) is 1. The summed E-state index contributed by atoms with van der Waals surface area (Å²) in [5.41, 5.74) is 1.81. The fraction of sp³-hybridized carbons (Fsp3) is 0.467. The molecule has 1 aliphatic heterocycles. The van der Waals surface area contributed by atoms with Crippen LogP contribution in [0.4, 0.5) is 10.5 Å². The third-order valence-electron chi connectivity index (χ3n) is 3.25. The molecule has 21 heavy (non-hydrogen) atoms. The number of carbonyl (C=O) groups excluding carboxylic acids is 2. The minimum atomic E-state index is -0.345. The number of anilines is 1. The number of ether oxygens (including phenoxy) is 2. The van der Waals surface area contributed by atoms with Gasteiger partial charge in [0.25, 0.3) is 0 Å². The molecule has 0 radical (unpaired) electrons. The number of urea groups is 1. The highest BCUT2D eigenvalue weighted by molar-refractivity contribution is 5.94. The summed E-state index contributed by atoms with van der Waals surface area (Å²) >= 11 is 0. The van der Waals surface area contributed by atoms with E-state index in [0.29, 0.717) is 12.3 Å². The summed E-state index contributed by atoms with van der Waals surface area (Å²) in [5.74, 6) is 0.351. The summed E-state index contributed by atoms with van der Waals surface area (Å²) in [5, 5.41) is 2.73. The number of rotatable bonds is 3. The highest BCUT2D eigenvalue weighted by atomic mass is 16.5. The van der Waals surface area contributed by atoms with E-state index in [-0.39, 0.29) is 31.1 Å². The summed E-state index contributed by atoms with van der Waals surface area (Å²) in [6.45, 7) is 4.60. The zero-order valence-electron chi connectivity index (χ0n) is 12.5. The predicted molar refractivity (Wildman–Crippen MR) is 78.6 cm³/mol. The van der Waals surface area contributed by atoms with Gasteiger partial charge in [-0.1, -0.05) is 6.07 Å². The molecule has 0 saturated heterocycles. The second-order valence-corrected chi connectivity index (χ2v) is 5.07. The van der Waals surface area contributed by atoms with E-state index in [1.54, 1.807) is 4.90 Å². The summed E-state index contributed by atoms with van der Waals surface area (Å²) in [4.78, 5) is 25.0. The molecule has 114 valence electrons. The fourth-order valence-corrected chi connectivity index (χ4v) is 2.21. The van der Waals surface area contributed by atoms with Crippen molar-refractivity contribution in [3.63, 3.8) is 0 Å². The molecule has 1 heterocycles. The van der Waals surface area contributed by atoms with Crippen LogP contribution in [0.1, 0.15) is 18.9 Å². The van der Waals surface area contributed by atoms with Gasteiger partial charge in [-0.25, -0.2) is 4.79 Å². The average Bonchev–Trinajstić information content (AvgIpc) is 2.46. The first-order valence-electron chi connectivity index (χ1n) is 6.90. The number of carbonyl (C=O) groups is 2. The van der Waals surface area contributed by atoms with E-state index >= 15 is 0 Å². The zero-order valence-corrected chi connectivity index (χ0v) is 12.5. The Morgan fingerprint density at radius 2 is 2.24 bits per heavy atom. The van der Waals surface area contributed by atoms with Crippen LogP contribution in [-0.2, 0) is 9.53 Å². The number of hydrogen-bond acceptors (Lipinski definition) is 4. The van der Waals surface area contributed by atoms with Crippen LogP contribution in [0.2, 0.25) is 0 Å². The number of amides is 2. The third kappa shape index (κ3) is 3.65. The quantitative estimate of drug-likeness (QED) is 0.863. The molecule has 0 unspecified atom stereocenters. The first-order valence-corrected chi connectivity index (χ1v) is 6.90. The maximum atomic E-state index is 12.3. The summed E-state index contributed by atoms with van der Waals surface area (Å²) in [6, 6.07) is 5.50. The lowest BCUT2D eigenvalue weighted by Crippen LogP contribution is -2.47. The van der Waals surface area contributed by atoms with Crippen molar-refractivity contribution in [3.8, 4) is 5.75 Å². The Morgan fingerprint density at radius 3 is 2.95 bits per heavy atom. The lowest BCUT2D eigenvalue weighted by molar-refractivity contribution is -0.140. The van der Waals surface area contributed by atoms with Gasteiger partial charge in [0.15, 0.2) is 0 Å². The Balaban J connectivity index is 2.07. The van der Waals surface area contributed by atoms with Crippen LogP contribution >= 0.6 is 0 Å². The first-order chi connectivity index (χ1) is 10.0. The van der Waals surface area contributed by atoms with E-state index in [0.717, 1.165) is 11.3 Å². The molecule has 2 rings (SSSR count). The van der Waals surface area contributed by atoms with E-state index in [4.69, 9.17) is 4.74 Å². The van der Waals surface area contributed by atoms with Gasteiger partial charge < -0.3 is 14.8 Å². The number of benzene rings is 1. The van der Waals surface area contributed by atoms with E-state index in [1.807, 2.05) is 32.0 Å². The Kier molecular flexibility index (Phi) is 4.67. The third-order valence-corrected chi connectivity index (χ3v) is 3.25. The SMILES string of the molecule is COC(=O)CCNC(=O)N1C[C@@H](C)Oc2ccc(C)cc21. The molecule has 0 bridgehead atoms. The molecule has 0 saturated carbocycles. The number of esters is 1. The molecule has 6 heteroatoms. The molecule has 1 N–H and O–H groups in total. The van der Waals surface area contributed by atoms with Crippen LogP contribution in [0.5, 0.6) is 5.75 Å². The lowest BCUT2D eigenvalue weighted by Gasteiger charge is -2.33. The second-order valence-electron chi connectivity index (χ2n) is 5.07. The number of hydrogen-bond donors (Lipinski definition) is 1. The smallest absolute Gasteiger partial charge is 0.322 e. The highest BCUT2D eigenvalue weighted by Gasteiger charge is 2.27. The van der Waals surface area contributed by atoms with Crippen LogP contribution in [0, 0.1) is 6.92 Å². The molecular weight excluding hydrogens is 272 g/mol. The van der Waals surface area contributed by atoms with Crippen molar-refractivity contribution in [3.05, 3.63) is 23.8 Å². The van der Waals surface area contributed by atoms with Gasteiger partial charge in [-0.3, -0.25) is 9.69 Å². The van der Waals surface area contributed by atoms with Crippen LogP contribution < -0.4 is 15.0 Å². The van der Waals surface area contributed by atoms with Gasteiger partial charge >= 0.3 is 12.0 Å². The highest BCUT2D eigenvalue weighted by Crippen LogP contribution is 2.34. The van der Waals surface area contributed by atoms with Gasteiger partial charge in [-0.15, -0.1) is 0 Å². The summed E-state index contributed by atoms with van der Waals surface area (Å²) < 4.78 is 10.3. The summed E-state index contributed by atoms with van der Waals surface area (Å²) in [6.07, 6.45) is 0.0783. The standard InChI is InChI=1S/C15H20N2O4/c1-10-4-5-13-12(8-10)17(9-11(2)21-13)15(19)16-7-6-14(18)20-3/h4-5,8,11H,6-7,9H2,1-3H3,(H,16,19)/t11-/m1/s1. The molecule has 1 aromatic carbocycles. The maximum Gasteiger partial charge on any atom is 0.322 e. The van der Waals surface area contributed by atoms with E-state index in [9.17, 15) is 9.59 Å². The minimum absolute atomic E-state index is 0.0773. The Labute approximate surface area is 124 Å². The van der Waals surface area contributed by atoms with Crippen molar-refractivity contribution >= 4 is 17.7 Å². The number of methoxy groups -OCH3 is 1. The van der Waals surface area contributed by atoms with E-state index < -0.39 is 0 Å². The van der Waals surface area contributed by atoms with Crippen LogP contribution in [0.3, 0.4) is 0 Å². The fourth-order valence-electron chi connectivity index (χ4n) is 2.21. The van der Waals surface area contributed by atoms with Gasteiger partial charge in [0.2, 0.25) is 0 Å². The van der Waals surface area contributed by atoms with Crippen molar-refractivity contribution < 1.29 is 19.1 Å². The van der Waals surface area contributed by atoms with Crippen LogP contribution in [0.15, 0.2) is 18.2 Å². The van der Waals surface area contributed by atoms with E-state index in [1.165, 1.54) is 7.11 Å². The molecule has 2 amide bonds. The molecule has 0 aliphatic carbocycles. The topological polar surface area (TPSA) is 67.9 Å². The molecule has 1 aliphatic rings. The molecular formula is C15H20N2O4. The molecule has 0 spiro atoms. The lowest BCUT2D eigenvalue weighted by atomic mass is 10.1. The maximum absolute atomic E-state index is 12.3. The molecule has 1 aromatic rings. The zero-order chi connectivity index (χ0) is 15.4. The van der Waals surface area contributed by atoms with Gasteiger partial charge in [-0.05, 0) is 31.5 Å². The Morgan fingerprint density at radius 1 is 1.48 bits per heavy atom. The van der Waals surface area contributed by atoms with Crippen molar-refractivity contribution in [2.45, 2.75) is 26.4 Å². The van der Waals surface area contributed by atoms with Crippen molar-refractivity contribution in [1.29, 1.82) is 0 Å². The van der Waals surface area contributed by atoms with Gasteiger partial charge in [0, 0.05) is 6.54 Å². The van der Waals surface area contributed by atoms with E-state index in [2.05, 4.69) is 10.1 Å². The normalized spacial score (nSPS) is 16.7. The largest absolute Gasteiger partial charge is 0.487 e. The van der Waals surface area contributed by atoms with Gasteiger partial charge in [0.05, 0.1) is 25.8 Å². The molecule has 6 nitrogen and oxygen atoms in total. The number of fused-ring (bicyclic) bond motifs is 1. The molecule has 0 fully saturated rings. The monoisotopic (exact) mass is 292 g/mol. The Bertz CT molecular complexity index is 544. The average molecular weight is 292 g/mol. The minimum Gasteiger partial charge on any atom is -0.487 e.